The first-order valence-electron chi connectivity index (χ1n) is 8.17. The fourth-order valence-electron chi connectivity index (χ4n) is 2.70. The first-order valence-corrected chi connectivity index (χ1v) is 8.17. The Bertz CT molecular complexity index is 723. The second-order valence-corrected chi connectivity index (χ2v) is 5.82. The number of ether oxygens (including phenoxy) is 1. The average Bonchev–Trinajstić information content (AvgIpc) is 2.67. The third-order valence-corrected chi connectivity index (χ3v) is 4.14. The zero-order valence-electron chi connectivity index (χ0n) is 13.8. The van der Waals surface area contributed by atoms with Gasteiger partial charge in [-0.3, -0.25) is 9.59 Å². The van der Waals surface area contributed by atoms with Crippen molar-refractivity contribution in [1.82, 2.24) is 9.80 Å². The molecule has 1 N–H and O–H groups in total. The van der Waals surface area contributed by atoms with Crippen LogP contribution in [0.5, 0.6) is 11.5 Å². The van der Waals surface area contributed by atoms with E-state index in [-0.39, 0.29) is 24.2 Å². The lowest BCUT2D eigenvalue weighted by Gasteiger charge is -2.34. The average molecular weight is 340 g/mol. The van der Waals surface area contributed by atoms with Crippen LogP contribution in [-0.4, -0.2) is 59.5 Å². The number of hydrogen-bond acceptors (Lipinski definition) is 4. The van der Waals surface area contributed by atoms with E-state index in [9.17, 15) is 14.7 Å². The van der Waals surface area contributed by atoms with Crippen molar-refractivity contribution >= 4 is 11.8 Å². The molecule has 1 aliphatic heterocycles. The van der Waals surface area contributed by atoms with Crippen LogP contribution in [-0.2, 0) is 4.79 Å². The van der Waals surface area contributed by atoms with Gasteiger partial charge in [0.2, 0.25) is 0 Å². The molecule has 1 aliphatic rings. The van der Waals surface area contributed by atoms with Crippen LogP contribution in [0.15, 0.2) is 54.6 Å². The predicted octanol–water partition coefficient (Wildman–Crippen LogP) is 1.76. The molecule has 1 fully saturated rings. The molecule has 2 aromatic carbocycles. The van der Waals surface area contributed by atoms with Crippen molar-refractivity contribution in [1.29, 1.82) is 0 Å². The second kappa shape index (κ2) is 7.70. The molecule has 0 spiro atoms. The quantitative estimate of drug-likeness (QED) is 0.921. The molecular weight excluding hydrogens is 320 g/mol. The smallest absolute Gasteiger partial charge is 0.260 e. The summed E-state index contributed by atoms with van der Waals surface area (Å²) in [5.41, 5.74) is 0.532. The second-order valence-electron chi connectivity index (χ2n) is 5.82. The molecule has 0 bridgehead atoms. The topological polar surface area (TPSA) is 70.1 Å². The number of phenolic OH excluding ortho intramolecular Hbond substituents is 1. The molecule has 6 heteroatoms. The first-order chi connectivity index (χ1) is 12.1. The highest BCUT2D eigenvalue weighted by molar-refractivity contribution is 5.94. The largest absolute Gasteiger partial charge is 0.508 e. The maximum absolute atomic E-state index is 12.4. The molecule has 2 amide bonds. The molecular formula is C19H20N2O4. The van der Waals surface area contributed by atoms with Gasteiger partial charge in [-0.25, -0.2) is 0 Å². The van der Waals surface area contributed by atoms with Gasteiger partial charge >= 0.3 is 0 Å². The summed E-state index contributed by atoms with van der Waals surface area (Å²) in [5, 5.41) is 9.30. The van der Waals surface area contributed by atoms with E-state index in [1.807, 2.05) is 30.3 Å². The molecule has 1 heterocycles. The van der Waals surface area contributed by atoms with Crippen LogP contribution < -0.4 is 4.74 Å². The fourth-order valence-corrected chi connectivity index (χ4v) is 2.70. The van der Waals surface area contributed by atoms with Gasteiger partial charge in [0.1, 0.15) is 11.5 Å². The van der Waals surface area contributed by atoms with Gasteiger partial charge in [0.05, 0.1) is 0 Å². The molecule has 0 aromatic heterocycles. The molecule has 130 valence electrons. The molecule has 0 saturated carbocycles. The number of amides is 2. The number of piperazine rings is 1. The van der Waals surface area contributed by atoms with Gasteiger partial charge in [-0.1, -0.05) is 18.2 Å². The monoisotopic (exact) mass is 340 g/mol. The summed E-state index contributed by atoms with van der Waals surface area (Å²) in [5.74, 6) is 0.621. The van der Waals surface area contributed by atoms with Crippen molar-refractivity contribution in [2.75, 3.05) is 32.8 Å². The normalized spacial score (nSPS) is 14.2. The summed E-state index contributed by atoms with van der Waals surface area (Å²) in [7, 11) is 0. The maximum Gasteiger partial charge on any atom is 0.260 e. The maximum atomic E-state index is 12.4. The Kier molecular flexibility index (Phi) is 5.18. The Hall–Kier alpha value is -3.02. The van der Waals surface area contributed by atoms with E-state index in [0.29, 0.717) is 37.5 Å². The van der Waals surface area contributed by atoms with Gasteiger partial charge in [0, 0.05) is 31.7 Å². The Balaban J connectivity index is 1.48. The lowest BCUT2D eigenvalue weighted by molar-refractivity contribution is -0.134. The highest BCUT2D eigenvalue weighted by atomic mass is 16.5. The van der Waals surface area contributed by atoms with Gasteiger partial charge < -0.3 is 19.6 Å². The number of aromatic hydroxyl groups is 1. The minimum absolute atomic E-state index is 0.00405. The molecule has 25 heavy (non-hydrogen) atoms. The molecule has 2 aromatic rings. The summed E-state index contributed by atoms with van der Waals surface area (Å²) in [6, 6.07) is 15.4. The van der Waals surface area contributed by atoms with E-state index in [1.54, 1.807) is 21.9 Å². The van der Waals surface area contributed by atoms with Crippen LogP contribution in [0.1, 0.15) is 10.4 Å². The SMILES string of the molecule is O=C(COc1ccccc1)N1CCN(C(=O)c2ccc(O)cc2)CC1. The van der Waals surface area contributed by atoms with Gasteiger partial charge in [0.25, 0.3) is 11.8 Å². The van der Waals surface area contributed by atoms with Crippen molar-refractivity contribution in [2.45, 2.75) is 0 Å². The highest BCUT2D eigenvalue weighted by Crippen LogP contribution is 2.14. The van der Waals surface area contributed by atoms with E-state index in [0.717, 1.165) is 0 Å². The molecule has 6 nitrogen and oxygen atoms in total. The van der Waals surface area contributed by atoms with Crippen LogP contribution in [0, 0.1) is 0 Å². The number of benzene rings is 2. The summed E-state index contributed by atoms with van der Waals surface area (Å²) in [6.45, 7) is 1.94. The Morgan fingerprint density at radius 1 is 0.880 bits per heavy atom. The number of para-hydroxylation sites is 1. The van der Waals surface area contributed by atoms with Crippen molar-refractivity contribution < 1.29 is 19.4 Å². The van der Waals surface area contributed by atoms with E-state index in [1.165, 1.54) is 12.1 Å². The lowest BCUT2D eigenvalue weighted by atomic mass is 10.1. The van der Waals surface area contributed by atoms with Crippen molar-refractivity contribution in [3.8, 4) is 11.5 Å². The van der Waals surface area contributed by atoms with Crippen LogP contribution >= 0.6 is 0 Å². The van der Waals surface area contributed by atoms with Crippen molar-refractivity contribution in [3.63, 3.8) is 0 Å². The Morgan fingerprint density at radius 3 is 2.12 bits per heavy atom. The first kappa shape index (κ1) is 16.8. The molecule has 0 unspecified atom stereocenters. The molecule has 0 atom stereocenters. The number of phenols is 1. The molecule has 0 radical (unpaired) electrons. The molecule has 0 aliphatic carbocycles. The summed E-state index contributed by atoms with van der Waals surface area (Å²) in [6.07, 6.45) is 0. The number of carbonyl (C=O) groups excluding carboxylic acids is 2. The number of rotatable bonds is 4. The zero-order valence-corrected chi connectivity index (χ0v) is 13.8. The predicted molar refractivity (Wildman–Crippen MR) is 92.5 cm³/mol. The number of carbonyl (C=O) groups is 2. The standard InChI is InChI=1S/C19H20N2O4/c22-16-8-6-15(7-9-16)19(24)21-12-10-20(11-13-21)18(23)14-25-17-4-2-1-3-5-17/h1-9,22H,10-14H2. The summed E-state index contributed by atoms with van der Waals surface area (Å²) in [4.78, 5) is 28.1. The van der Waals surface area contributed by atoms with Crippen molar-refractivity contribution in [2.24, 2.45) is 0 Å². The minimum Gasteiger partial charge on any atom is -0.508 e. The van der Waals surface area contributed by atoms with Gasteiger partial charge in [-0.2, -0.15) is 0 Å². The van der Waals surface area contributed by atoms with Crippen molar-refractivity contribution in [3.05, 3.63) is 60.2 Å². The van der Waals surface area contributed by atoms with Gasteiger partial charge in [-0.15, -0.1) is 0 Å². The van der Waals surface area contributed by atoms with Crippen LogP contribution in [0.4, 0.5) is 0 Å². The Labute approximate surface area is 146 Å². The fraction of sp³-hybridized carbons (Fsp3) is 0.263. The van der Waals surface area contributed by atoms with E-state index in [4.69, 9.17) is 4.74 Å². The third-order valence-electron chi connectivity index (χ3n) is 4.14. The van der Waals surface area contributed by atoms with E-state index < -0.39 is 0 Å². The molecule has 1 saturated heterocycles. The zero-order chi connectivity index (χ0) is 17.6. The number of nitrogens with zero attached hydrogens (tertiary/aromatic N) is 2. The summed E-state index contributed by atoms with van der Waals surface area (Å²) >= 11 is 0. The van der Waals surface area contributed by atoms with Crippen LogP contribution in [0.2, 0.25) is 0 Å². The van der Waals surface area contributed by atoms with Gasteiger partial charge in [0.15, 0.2) is 6.61 Å². The highest BCUT2D eigenvalue weighted by Gasteiger charge is 2.25. The summed E-state index contributed by atoms with van der Waals surface area (Å²) < 4.78 is 5.48. The van der Waals surface area contributed by atoms with Gasteiger partial charge in [-0.05, 0) is 36.4 Å². The van der Waals surface area contributed by atoms with Crippen LogP contribution in [0.3, 0.4) is 0 Å². The van der Waals surface area contributed by atoms with Crippen LogP contribution in [0.25, 0.3) is 0 Å². The minimum atomic E-state index is -0.0902. The number of hydrogen-bond donors (Lipinski definition) is 1. The lowest BCUT2D eigenvalue weighted by Crippen LogP contribution is -2.51. The molecule has 3 rings (SSSR count). The van der Waals surface area contributed by atoms with E-state index in [2.05, 4.69) is 0 Å². The Morgan fingerprint density at radius 2 is 1.48 bits per heavy atom. The van der Waals surface area contributed by atoms with E-state index >= 15 is 0 Å². The third kappa shape index (κ3) is 4.29.